The van der Waals surface area contributed by atoms with Gasteiger partial charge in [0.1, 0.15) is 6.04 Å². The summed E-state index contributed by atoms with van der Waals surface area (Å²) in [6, 6.07) is 9.98. The Bertz CT molecular complexity index is 1490. The number of sulfone groups is 1. The Labute approximate surface area is 235 Å². The van der Waals surface area contributed by atoms with Gasteiger partial charge < -0.3 is 21.1 Å². The maximum Gasteiger partial charge on any atom is 0.326 e. The number of urea groups is 1. The van der Waals surface area contributed by atoms with Gasteiger partial charge in [0, 0.05) is 24.5 Å². The lowest BCUT2D eigenvalue weighted by Gasteiger charge is -2.22. The molecule has 13 heteroatoms. The van der Waals surface area contributed by atoms with Crippen molar-refractivity contribution in [1.29, 1.82) is 0 Å². The smallest absolute Gasteiger partial charge is 0.326 e. The van der Waals surface area contributed by atoms with E-state index in [9.17, 15) is 27.9 Å². The van der Waals surface area contributed by atoms with Gasteiger partial charge in [0.2, 0.25) is 0 Å². The highest BCUT2D eigenvalue weighted by Crippen LogP contribution is 2.30. The maximum absolute atomic E-state index is 12.9. The lowest BCUT2D eigenvalue weighted by molar-refractivity contribution is -0.139. The van der Waals surface area contributed by atoms with Crippen LogP contribution in [0.5, 0.6) is 0 Å². The second kappa shape index (κ2) is 12.0. The highest BCUT2D eigenvalue weighted by Gasteiger charge is 2.33. The molecule has 3 aromatic rings. The van der Waals surface area contributed by atoms with Crippen molar-refractivity contribution in [2.24, 2.45) is 0 Å². The largest absolute Gasteiger partial charge is 0.480 e. The van der Waals surface area contributed by atoms with Gasteiger partial charge in [-0.3, -0.25) is 9.78 Å². The van der Waals surface area contributed by atoms with Gasteiger partial charge in [-0.1, -0.05) is 47.5 Å². The third-order valence-electron chi connectivity index (χ3n) is 5.57. The first-order valence-corrected chi connectivity index (χ1v) is 13.8. The molecule has 39 heavy (non-hydrogen) atoms. The van der Waals surface area contributed by atoms with Gasteiger partial charge in [-0.25, -0.2) is 18.0 Å². The fraction of sp³-hybridized carbons (Fsp3) is 0.231. The van der Waals surface area contributed by atoms with Crippen LogP contribution in [0.25, 0.3) is 0 Å². The van der Waals surface area contributed by atoms with E-state index in [2.05, 4.69) is 20.9 Å². The highest BCUT2D eigenvalue weighted by atomic mass is 35.5. The van der Waals surface area contributed by atoms with E-state index < -0.39 is 38.5 Å². The lowest BCUT2D eigenvalue weighted by atomic mass is 10.1. The van der Waals surface area contributed by atoms with Gasteiger partial charge in [0.05, 0.1) is 30.9 Å². The molecule has 1 aromatic heterocycles. The Morgan fingerprint density at radius 1 is 0.949 bits per heavy atom. The van der Waals surface area contributed by atoms with Crippen molar-refractivity contribution in [3.8, 4) is 0 Å². The summed E-state index contributed by atoms with van der Waals surface area (Å²) in [5, 5.41) is 17.3. The van der Waals surface area contributed by atoms with Crippen molar-refractivity contribution in [2.75, 3.05) is 10.6 Å². The van der Waals surface area contributed by atoms with Crippen LogP contribution in [0, 0.1) is 0 Å². The Morgan fingerprint density at radius 3 is 2.10 bits per heavy atom. The molecule has 4 N–H and O–H groups in total. The molecule has 0 aliphatic rings. The average Bonchev–Trinajstić information content (AvgIpc) is 2.84. The molecular formula is C26H26Cl2N4O6S. The Morgan fingerprint density at radius 2 is 1.54 bits per heavy atom. The average molecular weight is 593 g/mol. The molecule has 0 aliphatic heterocycles. The van der Waals surface area contributed by atoms with E-state index in [-0.39, 0.29) is 32.6 Å². The minimum Gasteiger partial charge on any atom is -0.480 e. The molecule has 0 spiro atoms. The molecule has 1 atom stereocenters. The number of carbonyl (C=O) groups excluding carboxylic acids is 2. The Balaban J connectivity index is 1.69. The second-order valence-corrected chi connectivity index (χ2v) is 12.9. The molecule has 0 fully saturated rings. The molecule has 0 bridgehead atoms. The first-order chi connectivity index (χ1) is 18.2. The van der Waals surface area contributed by atoms with E-state index in [0.29, 0.717) is 11.3 Å². The molecule has 0 unspecified atom stereocenters. The zero-order valence-electron chi connectivity index (χ0n) is 21.2. The van der Waals surface area contributed by atoms with Crippen LogP contribution in [0.1, 0.15) is 36.7 Å². The number of carboxylic acids is 1. The van der Waals surface area contributed by atoms with Crippen molar-refractivity contribution in [3.05, 3.63) is 82.1 Å². The van der Waals surface area contributed by atoms with Crippen LogP contribution >= 0.6 is 23.2 Å². The third kappa shape index (κ3) is 7.25. The van der Waals surface area contributed by atoms with Gasteiger partial charge in [0.15, 0.2) is 9.84 Å². The predicted octanol–water partition coefficient (Wildman–Crippen LogP) is 5.03. The summed E-state index contributed by atoms with van der Waals surface area (Å²) >= 11 is 12.0. The van der Waals surface area contributed by atoms with Crippen LogP contribution in [-0.4, -0.2) is 47.2 Å². The van der Waals surface area contributed by atoms with Crippen LogP contribution in [0.2, 0.25) is 10.0 Å². The zero-order valence-corrected chi connectivity index (χ0v) is 23.5. The molecule has 1 heterocycles. The number of aromatic nitrogens is 1. The van der Waals surface area contributed by atoms with E-state index in [4.69, 9.17) is 23.2 Å². The van der Waals surface area contributed by atoms with Crippen LogP contribution in [0.3, 0.4) is 0 Å². The number of aliphatic carboxylic acids is 1. The molecule has 3 rings (SSSR count). The number of nitrogens with zero attached hydrogens (tertiary/aromatic N) is 1. The molecular weight excluding hydrogens is 567 g/mol. The Kier molecular flexibility index (Phi) is 9.21. The van der Waals surface area contributed by atoms with Crippen molar-refractivity contribution in [1.82, 2.24) is 10.3 Å². The van der Waals surface area contributed by atoms with Gasteiger partial charge in [-0.2, -0.15) is 0 Å². The topological polar surface area (TPSA) is 155 Å². The number of halogens is 2. The number of para-hydroxylation sites is 1. The van der Waals surface area contributed by atoms with Crippen molar-refractivity contribution in [2.45, 2.75) is 42.9 Å². The summed E-state index contributed by atoms with van der Waals surface area (Å²) in [5.74, 6) is -1.84. The summed E-state index contributed by atoms with van der Waals surface area (Å²) in [5.41, 5.74) is 1.05. The van der Waals surface area contributed by atoms with Gasteiger partial charge in [-0.05, 0) is 50.6 Å². The van der Waals surface area contributed by atoms with E-state index >= 15 is 0 Å². The molecule has 206 valence electrons. The molecule has 3 amide bonds. The molecule has 0 radical (unpaired) electrons. The number of anilines is 2. The molecule has 0 saturated heterocycles. The summed E-state index contributed by atoms with van der Waals surface area (Å²) in [4.78, 5) is 40.8. The quantitative estimate of drug-likeness (QED) is 0.286. The summed E-state index contributed by atoms with van der Waals surface area (Å²) in [7, 11) is -3.79. The number of nitrogens with one attached hydrogen (secondary N) is 3. The zero-order chi connectivity index (χ0) is 29.0. The molecule has 0 saturated carbocycles. The fourth-order valence-electron chi connectivity index (χ4n) is 3.43. The van der Waals surface area contributed by atoms with E-state index in [1.54, 1.807) is 51.1 Å². The number of amides is 3. The fourth-order valence-corrected chi connectivity index (χ4v) is 5.29. The monoisotopic (exact) mass is 592 g/mol. The van der Waals surface area contributed by atoms with Gasteiger partial charge >= 0.3 is 12.0 Å². The molecule has 0 aliphatic carbocycles. The van der Waals surface area contributed by atoms with Crippen LogP contribution in [-0.2, 0) is 21.1 Å². The summed E-state index contributed by atoms with van der Waals surface area (Å²) in [6.45, 7) is 4.62. The Hall–Kier alpha value is -3.67. The van der Waals surface area contributed by atoms with Crippen LogP contribution < -0.4 is 16.0 Å². The standard InChI is InChI=1S/C26H26Cl2N4O6S/c1-26(2,3)39(37,38)21-7-5-4-6-19(21)31-25(36)32-20(24(34)35)12-15-8-10-16(11-9-15)30-23(33)22-17(27)13-29-14-18(22)28/h4-11,13-14,20H,12H2,1-3H3,(H,30,33)(H,34,35)(H2,31,32,36)/t20-/m0/s1. The minimum atomic E-state index is -3.79. The van der Waals surface area contributed by atoms with Crippen LogP contribution in [0.4, 0.5) is 16.2 Å². The summed E-state index contributed by atoms with van der Waals surface area (Å²) in [6.07, 6.45) is 2.51. The van der Waals surface area contributed by atoms with Crippen molar-refractivity contribution < 1.29 is 27.9 Å². The van der Waals surface area contributed by atoms with E-state index in [0.717, 1.165) is 0 Å². The number of pyridine rings is 1. The van der Waals surface area contributed by atoms with Crippen LogP contribution in [0.15, 0.2) is 65.8 Å². The SMILES string of the molecule is CC(C)(C)S(=O)(=O)c1ccccc1NC(=O)N[C@@H](Cc1ccc(NC(=O)c2c(Cl)cncc2Cl)cc1)C(=O)O. The minimum absolute atomic E-state index is 0.0311. The molecule has 10 nitrogen and oxygen atoms in total. The van der Waals surface area contributed by atoms with Gasteiger partial charge in [-0.15, -0.1) is 0 Å². The number of carboxylic acid groups (broad SMARTS) is 1. The third-order valence-corrected chi connectivity index (χ3v) is 8.69. The highest BCUT2D eigenvalue weighted by molar-refractivity contribution is 7.93. The number of hydrogen-bond donors (Lipinski definition) is 4. The summed E-state index contributed by atoms with van der Waals surface area (Å²) < 4.78 is 24.7. The van der Waals surface area contributed by atoms with E-state index in [1.165, 1.54) is 30.6 Å². The first kappa shape index (κ1) is 29.9. The number of rotatable bonds is 8. The van der Waals surface area contributed by atoms with E-state index in [1.807, 2.05) is 0 Å². The first-order valence-electron chi connectivity index (χ1n) is 11.5. The number of hydrogen-bond acceptors (Lipinski definition) is 6. The molecule has 2 aromatic carbocycles. The van der Waals surface area contributed by atoms with Crippen molar-refractivity contribution >= 4 is 62.3 Å². The maximum atomic E-state index is 12.9. The lowest BCUT2D eigenvalue weighted by Crippen LogP contribution is -2.44. The normalized spacial score (nSPS) is 12.3. The number of carbonyl (C=O) groups is 3. The predicted molar refractivity (Wildman–Crippen MR) is 149 cm³/mol. The number of benzene rings is 2. The van der Waals surface area contributed by atoms with Crippen molar-refractivity contribution in [3.63, 3.8) is 0 Å². The second-order valence-electron chi connectivity index (χ2n) is 9.43. The van der Waals surface area contributed by atoms with Gasteiger partial charge in [0.25, 0.3) is 5.91 Å².